The zero-order chi connectivity index (χ0) is 13.9. The molecule has 18 heavy (non-hydrogen) atoms. The number of hydrogen-bond acceptors (Lipinski definition) is 3. The fourth-order valence-electron chi connectivity index (χ4n) is 1.40. The summed E-state index contributed by atoms with van der Waals surface area (Å²) in [4.78, 5) is 13.3. The van der Waals surface area contributed by atoms with Crippen LogP contribution in [0, 0.1) is 0 Å². The molecular formula is C12H20BrN3O2. The maximum atomic E-state index is 11.8. The van der Waals surface area contributed by atoms with Crippen molar-refractivity contribution in [3.8, 4) is 0 Å². The molecule has 0 saturated heterocycles. The van der Waals surface area contributed by atoms with E-state index in [0.29, 0.717) is 6.54 Å². The van der Waals surface area contributed by atoms with Crippen molar-refractivity contribution >= 4 is 22.0 Å². The Morgan fingerprint density at radius 1 is 1.56 bits per heavy atom. The van der Waals surface area contributed by atoms with Crippen molar-refractivity contribution in [1.82, 2.24) is 14.7 Å². The number of carbonyl (C=O) groups excluding carboxylic acids is 1. The van der Waals surface area contributed by atoms with Gasteiger partial charge < -0.3 is 9.64 Å². The van der Waals surface area contributed by atoms with Gasteiger partial charge in [-0.3, -0.25) is 4.68 Å². The Morgan fingerprint density at radius 3 is 2.61 bits per heavy atom. The Morgan fingerprint density at radius 2 is 2.17 bits per heavy atom. The van der Waals surface area contributed by atoms with Crippen LogP contribution in [0.2, 0.25) is 0 Å². The summed E-state index contributed by atoms with van der Waals surface area (Å²) in [6.45, 7) is 8.82. The zero-order valence-electron chi connectivity index (χ0n) is 11.5. The van der Waals surface area contributed by atoms with Gasteiger partial charge in [-0.2, -0.15) is 5.10 Å². The monoisotopic (exact) mass is 317 g/mol. The predicted octanol–water partition coefficient (Wildman–Crippen LogP) is 3.03. The molecular weight excluding hydrogens is 298 g/mol. The predicted molar refractivity (Wildman–Crippen MR) is 73.3 cm³/mol. The first-order chi connectivity index (χ1) is 8.24. The standard InChI is InChI=1S/C12H20BrN3O2/c1-6-16-10(13)9(7-14-16)8-15(5)11(17)18-12(2,3)4/h7H,6,8H2,1-5H3. The summed E-state index contributed by atoms with van der Waals surface area (Å²) < 4.78 is 8.02. The Bertz CT molecular complexity index is 423. The maximum absolute atomic E-state index is 11.8. The van der Waals surface area contributed by atoms with Crippen LogP contribution >= 0.6 is 15.9 Å². The van der Waals surface area contributed by atoms with Gasteiger partial charge in [0.2, 0.25) is 0 Å². The van der Waals surface area contributed by atoms with Crippen LogP contribution in [0.3, 0.4) is 0 Å². The van der Waals surface area contributed by atoms with Crippen LogP contribution in [-0.4, -0.2) is 33.4 Å². The minimum atomic E-state index is -0.476. The summed E-state index contributed by atoms with van der Waals surface area (Å²) in [5.74, 6) is 0. The molecule has 0 spiro atoms. The van der Waals surface area contributed by atoms with Crippen molar-refractivity contribution in [3.63, 3.8) is 0 Å². The van der Waals surface area contributed by atoms with Crippen LogP contribution in [0.15, 0.2) is 10.8 Å². The Labute approximate surface area is 116 Å². The number of rotatable bonds is 3. The molecule has 0 fully saturated rings. The van der Waals surface area contributed by atoms with E-state index >= 15 is 0 Å². The van der Waals surface area contributed by atoms with Crippen LogP contribution in [0.5, 0.6) is 0 Å². The third kappa shape index (κ3) is 4.01. The van der Waals surface area contributed by atoms with Gasteiger partial charge in [0, 0.05) is 19.2 Å². The van der Waals surface area contributed by atoms with E-state index in [4.69, 9.17) is 4.74 Å². The first kappa shape index (κ1) is 15.0. The van der Waals surface area contributed by atoms with E-state index in [0.717, 1.165) is 16.7 Å². The van der Waals surface area contributed by atoms with E-state index < -0.39 is 5.60 Å². The molecule has 1 rings (SSSR count). The Hall–Kier alpha value is -1.04. The number of ether oxygens (including phenoxy) is 1. The highest BCUT2D eigenvalue weighted by molar-refractivity contribution is 9.10. The largest absolute Gasteiger partial charge is 0.444 e. The quantitative estimate of drug-likeness (QED) is 0.860. The number of aromatic nitrogens is 2. The highest BCUT2D eigenvalue weighted by Gasteiger charge is 2.20. The van der Waals surface area contributed by atoms with Crippen molar-refractivity contribution in [2.75, 3.05) is 7.05 Å². The molecule has 0 aliphatic rings. The van der Waals surface area contributed by atoms with Crippen LogP contribution in [0.1, 0.15) is 33.3 Å². The second kappa shape index (κ2) is 5.73. The lowest BCUT2D eigenvalue weighted by molar-refractivity contribution is 0.0285. The van der Waals surface area contributed by atoms with E-state index in [-0.39, 0.29) is 6.09 Å². The molecule has 1 amide bonds. The van der Waals surface area contributed by atoms with Gasteiger partial charge in [0.1, 0.15) is 10.2 Å². The fourth-order valence-corrected chi connectivity index (χ4v) is 1.97. The van der Waals surface area contributed by atoms with Crippen LogP contribution in [0.25, 0.3) is 0 Å². The Kier molecular flexibility index (Phi) is 4.78. The second-order valence-corrected chi connectivity index (χ2v) is 5.86. The Balaban J connectivity index is 2.67. The number of halogens is 1. The molecule has 0 aliphatic heterocycles. The molecule has 5 nitrogen and oxygen atoms in total. The van der Waals surface area contributed by atoms with Gasteiger partial charge in [-0.25, -0.2) is 4.79 Å². The normalized spacial score (nSPS) is 11.4. The van der Waals surface area contributed by atoms with E-state index in [1.807, 2.05) is 32.4 Å². The van der Waals surface area contributed by atoms with E-state index in [2.05, 4.69) is 21.0 Å². The third-order valence-electron chi connectivity index (χ3n) is 2.26. The summed E-state index contributed by atoms with van der Waals surface area (Å²) in [7, 11) is 1.71. The number of carbonyl (C=O) groups is 1. The molecule has 0 unspecified atom stereocenters. The van der Waals surface area contributed by atoms with Gasteiger partial charge in [-0.05, 0) is 43.6 Å². The minimum Gasteiger partial charge on any atom is -0.444 e. The smallest absolute Gasteiger partial charge is 0.410 e. The summed E-state index contributed by atoms with van der Waals surface area (Å²) >= 11 is 3.47. The minimum absolute atomic E-state index is 0.335. The van der Waals surface area contributed by atoms with Crippen molar-refractivity contribution in [2.24, 2.45) is 0 Å². The van der Waals surface area contributed by atoms with Gasteiger partial charge >= 0.3 is 6.09 Å². The van der Waals surface area contributed by atoms with Gasteiger partial charge in [-0.15, -0.1) is 0 Å². The maximum Gasteiger partial charge on any atom is 0.410 e. The van der Waals surface area contributed by atoms with E-state index in [1.165, 1.54) is 4.90 Å². The number of hydrogen-bond donors (Lipinski definition) is 0. The molecule has 1 heterocycles. The van der Waals surface area contributed by atoms with Gasteiger partial charge in [0.25, 0.3) is 0 Å². The van der Waals surface area contributed by atoms with Crippen molar-refractivity contribution < 1.29 is 9.53 Å². The second-order valence-electron chi connectivity index (χ2n) is 5.11. The van der Waals surface area contributed by atoms with Crippen LogP contribution in [0.4, 0.5) is 4.79 Å². The third-order valence-corrected chi connectivity index (χ3v) is 3.18. The SMILES string of the molecule is CCn1ncc(CN(C)C(=O)OC(C)(C)C)c1Br. The van der Waals surface area contributed by atoms with Crippen molar-refractivity contribution in [3.05, 3.63) is 16.4 Å². The zero-order valence-corrected chi connectivity index (χ0v) is 13.1. The summed E-state index contributed by atoms with van der Waals surface area (Å²) in [5, 5.41) is 4.21. The van der Waals surface area contributed by atoms with Gasteiger partial charge in [0.15, 0.2) is 0 Å². The number of nitrogens with zero attached hydrogens (tertiary/aromatic N) is 3. The molecule has 0 aliphatic carbocycles. The van der Waals surface area contributed by atoms with Gasteiger partial charge in [-0.1, -0.05) is 0 Å². The summed E-state index contributed by atoms with van der Waals surface area (Å²) in [6, 6.07) is 0. The van der Waals surface area contributed by atoms with E-state index in [9.17, 15) is 4.79 Å². The summed E-state index contributed by atoms with van der Waals surface area (Å²) in [6.07, 6.45) is 1.42. The van der Waals surface area contributed by atoms with Crippen LogP contribution < -0.4 is 0 Å². The molecule has 0 radical (unpaired) electrons. The molecule has 6 heteroatoms. The van der Waals surface area contributed by atoms with Gasteiger partial charge in [0.05, 0.1) is 12.7 Å². The molecule has 1 aromatic rings. The van der Waals surface area contributed by atoms with E-state index in [1.54, 1.807) is 13.2 Å². The average molecular weight is 318 g/mol. The number of aryl methyl sites for hydroxylation is 1. The first-order valence-corrected chi connectivity index (χ1v) is 6.68. The highest BCUT2D eigenvalue weighted by Crippen LogP contribution is 2.18. The molecule has 1 aromatic heterocycles. The fraction of sp³-hybridized carbons (Fsp3) is 0.667. The molecule has 102 valence electrons. The first-order valence-electron chi connectivity index (χ1n) is 5.89. The highest BCUT2D eigenvalue weighted by atomic mass is 79.9. The number of amides is 1. The molecule has 0 bridgehead atoms. The summed E-state index contributed by atoms with van der Waals surface area (Å²) in [5.41, 5.74) is 0.487. The topological polar surface area (TPSA) is 47.4 Å². The molecule has 0 N–H and O–H groups in total. The van der Waals surface area contributed by atoms with Crippen LogP contribution in [-0.2, 0) is 17.8 Å². The molecule has 0 aromatic carbocycles. The average Bonchev–Trinajstić information content (AvgIpc) is 2.57. The lowest BCUT2D eigenvalue weighted by Gasteiger charge is -2.24. The lowest BCUT2D eigenvalue weighted by Crippen LogP contribution is -2.33. The van der Waals surface area contributed by atoms with Crippen molar-refractivity contribution in [2.45, 2.75) is 46.4 Å². The van der Waals surface area contributed by atoms with Crippen molar-refractivity contribution in [1.29, 1.82) is 0 Å². The molecule has 0 atom stereocenters. The molecule has 0 saturated carbocycles. The lowest BCUT2D eigenvalue weighted by atomic mass is 10.2.